The number of amides is 1. The molecule has 1 N–H and O–H groups in total. The molecule has 0 unspecified atom stereocenters. The number of benzene rings is 1. The van der Waals surface area contributed by atoms with Crippen molar-refractivity contribution in [2.24, 2.45) is 0 Å². The van der Waals surface area contributed by atoms with Crippen molar-refractivity contribution in [2.75, 3.05) is 19.6 Å². The lowest BCUT2D eigenvalue weighted by Gasteiger charge is -2.33. The van der Waals surface area contributed by atoms with Crippen molar-refractivity contribution < 1.29 is 9.32 Å². The molecule has 1 aliphatic heterocycles. The number of halogens is 1. The topological polar surface area (TPSA) is 58.4 Å². The molecule has 1 fully saturated rings. The zero-order valence-corrected chi connectivity index (χ0v) is 12.2. The van der Waals surface area contributed by atoms with Crippen molar-refractivity contribution in [2.45, 2.75) is 19.4 Å². The Labute approximate surface area is 123 Å². The Balaban J connectivity index is 0.00000147. The highest BCUT2D eigenvalue weighted by molar-refractivity contribution is 5.86. The van der Waals surface area contributed by atoms with Gasteiger partial charge in [-0.25, -0.2) is 0 Å². The molecule has 1 aliphatic rings. The molecule has 0 saturated carbocycles. The summed E-state index contributed by atoms with van der Waals surface area (Å²) in [4.78, 5) is 14.3. The van der Waals surface area contributed by atoms with Gasteiger partial charge in [-0.15, -0.1) is 12.4 Å². The Morgan fingerprint density at radius 2 is 2.30 bits per heavy atom. The van der Waals surface area contributed by atoms with Crippen LogP contribution in [0.5, 0.6) is 0 Å². The van der Waals surface area contributed by atoms with E-state index in [0.717, 1.165) is 36.3 Å². The molecule has 0 radical (unpaired) electrons. The molecule has 0 spiro atoms. The average Bonchev–Trinajstić information content (AvgIpc) is 2.83. The summed E-state index contributed by atoms with van der Waals surface area (Å²) >= 11 is 0. The highest BCUT2D eigenvalue weighted by Gasteiger charge is 2.24. The van der Waals surface area contributed by atoms with Crippen LogP contribution in [-0.2, 0) is 11.2 Å². The number of carbonyl (C=O) groups is 1. The molecule has 1 saturated heterocycles. The number of nitrogens with zero attached hydrogens (tertiary/aromatic N) is 2. The Bertz CT molecular complexity index is 599. The largest absolute Gasteiger partial charge is 0.356 e. The fourth-order valence-electron chi connectivity index (χ4n) is 2.52. The molecule has 1 aromatic carbocycles. The van der Waals surface area contributed by atoms with E-state index in [-0.39, 0.29) is 24.4 Å². The number of nitrogens with one attached hydrogen (secondary N) is 1. The lowest BCUT2D eigenvalue weighted by atomic mass is 10.1. The van der Waals surface area contributed by atoms with Gasteiger partial charge in [0.1, 0.15) is 5.69 Å². The van der Waals surface area contributed by atoms with Gasteiger partial charge in [0.2, 0.25) is 5.91 Å². The van der Waals surface area contributed by atoms with Gasteiger partial charge in [-0.05, 0) is 19.1 Å². The smallest absolute Gasteiger partial charge is 0.229 e. The number of rotatable bonds is 2. The second kappa shape index (κ2) is 6.24. The normalized spacial score (nSPS) is 18.9. The molecule has 108 valence electrons. The van der Waals surface area contributed by atoms with Gasteiger partial charge in [0.05, 0.1) is 6.42 Å². The fraction of sp³-hybridized carbons (Fsp3) is 0.429. The van der Waals surface area contributed by atoms with E-state index in [4.69, 9.17) is 4.52 Å². The van der Waals surface area contributed by atoms with E-state index in [0.29, 0.717) is 6.42 Å². The summed E-state index contributed by atoms with van der Waals surface area (Å²) in [5.74, 6) is 0.119. The number of piperazine rings is 1. The van der Waals surface area contributed by atoms with E-state index < -0.39 is 0 Å². The van der Waals surface area contributed by atoms with Crippen LogP contribution < -0.4 is 5.32 Å². The van der Waals surface area contributed by atoms with Gasteiger partial charge in [0, 0.05) is 31.1 Å². The van der Waals surface area contributed by atoms with Gasteiger partial charge >= 0.3 is 0 Å². The Kier molecular flexibility index (Phi) is 4.62. The lowest BCUT2D eigenvalue weighted by molar-refractivity contribution is -0.133. The molecule has 6 heteroatoms. The highest BCUT2D eigenvalue weighted by Crippen LogP contribution is 2.19. The molecule has 3 rings (SSSR count). The lowest BCUT2D eigenvalue weighted by Crippen LogP contribution is -2.52. The second-order valence-corrected chi connectivity index (χ2v) is 4.94. The SMILES string of the molecule is C[C@@H]1CNCCN1C(=O)Cc1noc2ccccc12.Cl. The summed E-state index contributed by atoms with van der Waals surface area (Å²) in [6.45, 7) is 4.53. The Morgan fingerprint density at radius 3 is 3.10 bits per heavy atom. The summed E-state index contributed by atoms with van der Waals surface area (Å²) in [5, 5.41) is 8.23. The minimum Gasteiger partial charge on any atom is -0.356 e. The summed E-state index contributed by atoms with van der Waals surface area (Å²) in [5.41, 5.74) is 1.46. The Hall–Kier alpha value is -1.59. The summed E-state index contributed by atoms with van der Waals surface area (Å²) < 4.78 is 5.23. The molecular weight excluding hydrogens is 278 g/mol. The number of para-hydroxylation sites is 1. The van der Waals surface area contributed by atoms with Crippen LogP contribution in [0.25, 0.3) is 11.0 Å². The summed E-state index contributed by atoms with van der Waals surface area (Å²) in [6.07, 6.45) is 0.307. The standard InChI is InChI=1S/C14H17N3O2.ClH/c1-10-9-15-6-7-17(10)14(18)8-12-11-4-2-3-5-13(11)19-16-12;/h2-5,10,15H,6-9H2,1H3;1H/t10-;/m1./s1. The van der Waals surface area contributed by atoms with Crippen LogP contribution in [0.2, 0.25) is 0 Å². The summed E-state index contributed by atoms with van der Waals surface area (Å²) in [6, 6.07) is 7.87. The second-order valence-electron chi connectivity index (χ2n) is 4.94. The molecule has 0 aliphatic carbocycles. The van der Waals surface area contributed by atoms with E-state index >= 15 is 0 Å². The van der Waals surface area contributed by atoms with Crippen LogP contribution in [-0.4, -0.2) is 41.6 Å². The van der Waals surface area contributed by atoms with Crippen LogP contribution in [0.1, 0.15) is 12.6 Å². The third kappa shape index (κ3) is 2.78. The van der Waals surface area contributed by atoms with E-state index in [1.54, 1.807) is 0 Å². The van der Waals surface area contributed by atoms with Gasteiger partial charge in [0.15, 0.2) is 5.58 Å². The minimum absolute atomic E-state index is 0. The maximum atomic E-state index is 12.3. The van der Waals surface area contributed by atoms with Crippen molar-refractivity contribution in [1.82, 2.24) is 15.4 Å². The number of fused-ring (bicyclic) bond motifs is 1. The monoisotopic (exact) mass is 295 g/mol. The zero-order chi connectivity index (χ0) is 13.2. The van der Waals surface area contributed by atoms with Gasteiger partial charge in [-0.3, -0.25) is 4.79 Å². The maximum Gasteiger partial charge on any atom is 0.229 e. The Morgan fingerprint density at radius 1 is 1.50 bits per heavy atom. The molecule has 2 aromatic rings. The van der Waals surface area contributed by atoms with E-state index in [9.17, 15) is 4.79 Å². The highest BCUT2D eigenvalue weighted by atomic mass is 35.5. The van der Waals surface area contributed by atoms with E-state index in [1.807, 2.05) is 29.2 Å². The van der Waals surface area contributed by atoms with E-state index in [1.165, 1.54) is 0 Å². The molecule has 1 atom stereocenters. The van der Waals surface area contributed by atoms with Gasteiger partial charge < -0.3 is 14.7 Å². The molecule has 1 aromatic heterocycles. The molecule has 1 amide bonds. The molecule has 5 nitrogen and oxygen atoms in total. The van der Waals surface area contributed by atoms with Crippen molar-refractivity contribution in [3.8, 4) is 0 Å². The molecule has 2 heterocycles. The van der Waals surface area contributed by atoms with Crippen molar-refractivity contribution in [3.63, 3.8) is 0 Å². The van der Waals surface area contributed by atoms with Crippen LogP contribution in [0, 0.1) is 0 Å². The van der Waals surface area contributed by atoms with E-state index in [2.05, 4.69) is 17.4 Å². The number of carbonyl (C=O) groups excluding carboxylic acids is 1. The van der Waals surface area contributed by atoms with Crippen LogP contribution in [0.15, 0.2) is 28.8 Å². The third-order valence-electron chi connectivity index (χ3n) is 3.59. The first-order chi connectivity index (χ1) is 9.25. The van der Waals surface area contributed by atoms with Crippen LogP contribution in [0.4, 0.5) is 0 Å². The molecule has 0 bridgehead atoms. The quantitative estimate of drug-likeness (QED) is 0.914. The zero-order valence-electron chi connectivity index (χ0n) is 11.3. The molecular formula is C14H18ClN3O2. The predicted octanol–water partition coefficient (Wildman–Crippen LogP) is 1.61. The van der Waals surface area contributed by atoms with Crippen molar-refractivity contribution >= 4 is 29.3 Å². The fourth-order valence-corrected chi connectivity index (χ4v) is 2.52. The average molecular weight is 296 g/mol. The summed E-state index contributed by atoms with van der Waals surface area (Å²) in [7, 11) is 0. The van der Waals surface area contributed by atoms with Crippen molar-refractivity contribution in [1.29, 1.82) is 0 Å². The van der Waals surface area contributed by atoms with Gasteiger partial charge in [-0.2, -0.15) is 0 Å². The van der Waals surface area contributed by atoms with Gasteiger partial charge in [-0.1, -0.05) is 17.3 Å². The van der Waals surface area contributed by atoms with Gasteiger partial charge in [0.25, 0.3) is 0 Å². The first-order valence-corrected chi connectivity index (χ1v) is 6.59. The van der Waals surface area contributed by atoms with Crippen LogP contribution >= 0.6 is 12.4 Å². The molecule has 20 heavy (non-hydrogen) atoms. The van der Waals surface area contributed by atoms with Crippen molar-refractivity contribution in [3.05, 3.63) is 30.0 Å². The maximum absolute atomic E-state index is 12.3. The first-order valence-electron chi connectivity index (χ1n) is 6.59. The predicted molar refractivity (Wildman–Crippen MR) is 79.0 cm³/mol. The third-order valence-corrected chi connectivity index (χ3v) is 3.59. The first kappa shape index (κ1) is 14.8. The van der Waals surface area contributed by atoms with Crippen LogP contribution in [0.3, 0.4) is 0 Å². The minimum atomic E-state index is 0. The number of hydrogen-bond acceptors (Lipinski definition) is 4. The number of hydrogen-bond donors (Lipinski definition) is 1. The number of aromatic nitrogens is 1.